The number of halogens is 1. The van der Waals surface area contributed by atoms with Gasteiger partial charge in [-0.05, 0) is 64.8 Å². The second-order valence-corrected chi connectivity index (χ2v) is 10.7. The molecule has 2 amide bonds. The van der Waals surface area contributed by atoms with Gasteiger partial charge < -0.3 is 28.7 Å². The molecule has 0 saturated carbocycles. The summed E-state index contributed by atoms with van der Waals surface area (Å²) in [5, 5.41) is 2.48. The van der Waals surface area contributed by atoms with Crippen LogP contribution < -0.4 is 10.1 Å². The van der Waals surface area contributed by atoms with Crippen molar-refractivity contribution in [3.05, 3.63) is 41.2 Å². The van der Waals surface area contributed by atoms with Gasteiger partial charge in [0.15, 0.2) is 0 Å². The molecule has 9 nitrogen and oxygen atoms in total. The maximum Gasteiger partial charge on any atom is 0.407 e. The van der Waals surface area contributed by atoms with E-state index in [0.717, 1.165) is 5.56 Å². The van der Waals surface area contributed by atoms with Gasteiger partial charge in [-0.25, -0.2) is 9.18 Å². The van der Waals surface area contributed by atoms with E-state index in [2.05, 4.69) is 5.32 Å². The zero-order valence-corrected chi connectivity index (χ0v) is 21.3. The van der Waals surface area contributed by atoms with Crippen molar-refractivity contribution in [1.82, 2.24) is 10.2 Å². The molecule has 190 valence electrons. The van der Waals surface area contributed by atoms with Crippen molar-refractivity contribution >= 4 is 19.6 Å². The highest BCUT2D eigenvalue weighted by molar-refractivity contribution is 7.53. The van der Waals surface area contributed by atoms with Crippen LogP contribution >= 0.6 is 7.60 Å². The maximum absolute atomic E-state index is 13.2. The summed E-state index contributed by atoms with van der Waals surface area (Å²) in [6, 6.07) is 4.97. The van der Waals surface area contributed by atoms with Gasteiger partial charge in [-0.2, -0.15) is 0 Å². The van der Waals surface area contributed by atoms with Crippen LogP contribution in [0.4, 0.5) is 9.18 Å². The van der Waals surface area contributed by atoms with Crippen molar-refractivity contribution in [1.29, 1.82) is 0 Å². The summed E-state index contributed by atoms with van der Waals surface area (Å²) in [7, 11) is -3.40. The lowest BCUT2D eigenvalue weighted by Gasteiger charge is -2.31. The van der Waals surface area contributed by atoms with Gasteiger partial charge in [-0.1, -0.05) is 0 Å². The van der Waals surface area contributed by atoms with E-state index in [0.29, 0.717) is 30.6 Å². The maximum atomic E-state index is 13.2. The van der Waals surface area contributed by atoms with E-state index in [9.17, 15) is 18.5 Å². The fraction of sp³-hybridized carbons (Fsp3) is 0.565. The molecule has 1 N–H and O–H groups in total. The van der Waals surface area contributed by atoms with E-state index in [4.69, 9.17) is 18.5 Å². The fourth-order valence-electron chi connectivity index (χ4n) is 3.26. The normalized spacial score (nSPS) is 14.6. The Morgan fingerprint density at radius 2 is 1.91 bits per heavy atom. The molecule has 0 fully saturated rings. The van der Waals surface area contributed by atoms with Gasteiger partial charge in [0, 0.05) is 24.2 Å². The summed E-state index contributed by atoms with van der Waals surface area (Å²) in [6.07, 6.45) is 0.150. The molecule has 0 atom stereocenters. The molecule has 1 heterocycles. The zero-order chi connectivity index (χ0) is 25.4. The number of amides is 2. The van der Waals surface area contributed by atoms with Gasteiger partial charge >= 0.3 is 13.7 Å². The Labute approximate surface area is 200 Å². The van der Waals surface area contributed by atoms with Crippen molar-refractivity contribution < 1.29 is 37.1 Å². The summed E-state index contributed by atoms with van der Waals surface area (Å²) < 4.78 is 47.4. The number of hydrogen-bond donors (Lipinski definition) is 1. The Hall–Kier alpha value is -2.42. The van der Waals surface area contributed by atoms with E-state index in [-0.39, 0.29) is 44.1 Å². The summed E-state index contributed by atoms with van der Waals surface area (Å²) >= 11 is 0. The van der Waals surface area contributed by atoms with Crippen LogP contribution in [0, 0.1) is 0 Å². The minimum Gasteiger partial charge on any atom is -0.489 e. The van der Waals surface area contributed by atoms with Gasteiger partial charge in [0.25, 0.3) is 5.91 Å². The summed E-state index contributed by atoms with van der Waals surface area (Å²) in [5.74, 6) is 0.198. The molecule has 34 heavy (non-hydrogen) atoms. The third-order valence-corrected chi connectivity index (χ3v) is 6.67. The Kier molecular flexibility index (Phi) is 10.1. The average Bonchev–Trinajstić information content (AvgIpc) is 2.75. The van der Waals surface area contributed by atoms with Crippen molar-refractivity contribution in [3.8, 4) is 5.75 Å². The SMILES string of the molecule is CCOP(=O)(CN1CCc2cc(OC/C(=C/F)CNC(=O)OC(C)(C)C)ccc2C1=O)OCC. The third kappa shape index (κ3) is 8.42. The van der Waals surface area contributed by atoms with Crippen LogP contribution in [0.5, 0.6) is 5.75 Å². The number of hydrogen-bond acceptors (Lipinski definition) is 7. The van der Waals surface area contributed by atoms with E-state index in [1.165, 1.54) is 4.90 Å². The van der Waals surface area contributed by atoms with Crippen molar-refractivity contribution in [2.45, 2.75) is 46.6 Å². The van der Waals surface area contributed by atoms with E-state index in [1.807, 2.05) is 0 Å². The highest BCUT2D eigenvalue weighted by Crippen LogP contribution is 2.49. The van der Waals surface area contributed by atoms with Crippen molar-refractivity contribution in [2.75, 3.05) is 39.2 Å². The van der Waals surface area contributed by atoms with Gasteiger partial charge in [-0.3, -0.25) is 9.36 Å². The minimum atomic E-state index is -3.40. The van der Waals surface area contributed by atoms with E-state index >= 15 is 0 Å². The summed E-state index contributed by atoms with van der Waals surface area (Å²) in [4.78, 5) is 26.1. The largest absolute Gasteiger partial charge is 0.489 e. The molecule has 0 spiro atoms. The number of ether oxygens (including phenoxy) is 2. The number of carbonyl (C=O) groups is 2. The number of fused-ring (bicyclic) bond motifs is 1. The third-order valence-electron chi connectivity index (χ3n) is 4.68. The Morgan fingerprint density at radius 3 is 2.50 bits per heavy atom. The van der Waals surface area contributed by atoms with Gasteiger partial charge in [0.1, 0.15) is 24.2 Å². The fourth-order valence-corrected chi connectivity index (χ4v) is 4.97. The van der Waals surface area contributed by atoms with Crippen LogP contribution in [0.3, 0.4) is 0 Å². The van der Waals surface area contributed by atoms with Crippen LogP contribution in [0.15, 0.2) is 30.1 Å². The first-order chi connectivity index (χ1) is 16.0. The molecule has 1 aromatic rings. The first-order valence-electron chi connectivity index (χ1n) is 11.2. The van der Waals surface area contributed by atoms with Gasteiger partial charge in [0.2, 0.25) is 0 Å². The Balaban J connectivity index is 1.97. The van der Waals surface area contributed by atoms with Gasteiger partial charge in [-0.15, -0.1) is 0 Å². The lowest BCUT2D eigenvalue weighted by Crippen LogP contribution is -2.38. The van der Waals surface area contributed by atoms with Crippen molar-refractivity contribution in [2.24, 2.45) is 0 Å². The lowest BCUT2D eigenvalue weighted by molar-refractivity contribution is 0.0531. The molecule has 1 aliphatic rings. The van der Waals surface area contributed by atoms with Crippen LogP contribution in [0.25, 0.3) is 0 Å². The standard InChI is InChI=1S/C23H34FN2O7P/c1-6-31-34(29,32-7-2)16-26-11-10-18-12-19(8-9-20(18)21(26)27)30-15-17(13-24)14-25-22(28)33-23(3,4)5/h8-9,12-13H,6-7,10-11,14-16H2,1-5H3,(H,25,28)/b17-13+. The molecule has 11 heteroatoms. The van der Waals surface area contributed by atoms with Crippen LogP contribution in [-0.2, 0) is 24.8 Å². The smallest absolute Gasteiger partial charge is 0.407 e. The predicted molar refractivity (Wildman–Crippen MR) is 126 cm³/mol. The zero-order valence-electron chi connectivity index (χ0n) is 20.4. The molecule has 0 aliphatic carbocycles. The molecular formula is C23H34FN2O7P. The van der Waals surface area contributed by atoms with Crippen LogP contribution in [0.2, 0.25) is 0 Å². The quantitative estimate of drug-likeness (QED) is 0.441. The Bertz CT molecular complexity index is 936. The summed E-state index contributed by atoms with van der Waals surface area (Å²) in [6.45, 7) is 9.29. The molecule has 2 rings (SSSR count). The average molecular weight is 501 g/mol. The van der Waals surface area contributed by atoms with Gasteiger partial charge in [0.05, 0.1) is 19.5 Å². The Morgan fingerprint density at radius 1 is 1.24 bits per heavy atom. The number of nitrogens with zero attached hydrogens (tertiary/aromatic N) is 1. The second-order valence-electron chi connectivity index (χ2n) is 8.64. The molecule has 1 aromatic carbocycles. The first kappa shape index (κ1) is 27.8. The molecule has 0 bridgehead atoms. The lowest BCUT2D eigenvalue weighted by atomic mass is 9.99. The highest BCUT2D eigenvalue weighted by atomic mass is 31.2. The van der Waals surface area contributed by atoms with E-state index < -0.39 is 19.3 Å². The predicted octanol–water partition coefficient (Wildman–Crippen LogP) is 4.67. The topological polar surface area (TPSA) is 103 Å². The molecule has 1 aliphatic heterocycles. The summed E-state index contributed by atoms with van der Waals surface area (Å²) in [5.41, 5.74) is 0.817. The number of alkyl carbamates (subject to hydrolysis) is 1. The number of carbonyl (C=O) groups excluding carboxylic acids is 2. The molecule has 0 radical (unpaired) electrons. The monoisotopic (exact) mass is 500 g/mol. The molecule has 0 aromatic heterocycles. The van der Waals surface area contributed by atoms with Crippen molar-refractivity contribution in [3.63, 3.8) is 0 Å². The molecular weight excluding hydrogens is 466 g/mol. The highest BCUT2D eigenvalue weighted by Gasteiger charge is 2.33. The van der Waals surface area contributed by atoms with Crippen LogP contribution in [-0.4, -0.2) is 61.7 Å². The molecule has 0 saturated heterocycles. The second kappa shape index (κ2) is 12.3. The van der Waals surface area contributed by atoms with E-state index in [1.54, 1.807) is 52.8 Å². The number of benzene rings is 1. The molecule has 0 unspecified atom stereocenters. The van der Waals surface area contributed by atoms with Crippen LogP contribution in [0.1, 0.15) is 50.5 Å². The number of nitrogens with one attached hydrogen (secondary N) is 1. The number of rotatable bonds is 11. The minimum absolute atomic E-state index is 0.0660. The first-order valence-corrected chi connectivity index (χ1v) is 12.9.